The van der Waals surface area contributed by atoms with Crippen LogP contribution in [0.15, 0.2) is 0 Å². The number of hydrogen-bond donors (Lipinski definition) is 1. The van der Waals surface area contributed by atoms with Gasteiger partial charge in [-0.3, -0.25) is 4.90 Å². The number of rotatable bonds is 10. The van der Waals surface area contributed by atoms with E-state index in [1.807, 2.05) is 4.90 Å². The zero-order chi connectivity index (χ0) is 14.1. The fraction of sp³-hybridized carbons (Fsp3) is 0.933. The third-order valence-corrected chi connectivity index (χ3v) is 3.95. The Morgan fingerprint density at radius 2 is 1.70 bits per heavy atom. The van der Waals surface area contributed by atoms with Crippen LogP contribution < -0.4 is 5.11 Å². The normalized spacial score (nSPS) is 22.7. The van der Waals surface area contributed by atoms with Crippen molar-refractivity contribution in [1.82, 2.24) is 4.90 Å². The van der Waals surface area contributed by atoms with Gasteiger partial charge in [-0.05, 0) is 19.4 Å². The van der Waals surface area contributed by atoms with Crippen molar-refractivity contribution in [3.63, 3.8) is 0 Å². The second-order valence-electron chi connectivity index (χ2n) is 5.69. The predicted octanol–water partition coefficient (Wildman–Crippen LogP) is 1.31. The zero-order valence-corrected chi connectivity index (χ0v) is 13.4. The van der Waals surface area contributed by atoms with Gasteiger partial charge in [0, 0.05) is 6.54 Å². The second-order valence-corrected chi connectivity index (χ2v) is 5.69. The van der Waals surface area contributed by atoms with Crippen LogP contribution in [0.5, 0.6) is 0 Å². The maximum absolute atomic E-state index is 10.9. The third kappa shape index (κ3) is 7.63. The van der Waals surface area contributed by atoms with Gasteiger partial charge in [0.05, 0.1) is 18.1 Å². The number of carbonyl (C=O) groups excluding carboxylic acids is 1. The molecule has 1 fully saturated rings. The summed E-state index contributed by atoms with van der Waals surface area (Å²) in [6.07, 6.45) is 9.77. The first kappa shape index (κ1) is 19.9. The molecule has 0 aromatic heterocycles. The van der Waals surface area contributed by atoms with Gasteiger partial charge in [0.1, 0.15) is 0 Å². The number of carboxylic acid groups (broad SMARTS) is 1. The largest absolute Gasteiger partial charge is 2.00 e. The summed E-state index contributed by atoms with van der Waals surface area (Å²) < 4.78 is 0. The Balaban J connectivity index is 0.00000361. The Kier molecular flexibility index (Phi) is 11.5. The molecule has 20 heavy (non-hydrogen) atoms. The number of β-amino-alcohol motifs (C(OH)–C–C–N with tert-alkyl or cyclic N) is 1. The van der Waals surface area contributed by atoms with Crippen LogP contribution in [0.25, 0.3) is 0 Å². The van der Waals surface area contributed by atoms with Gasteiger partial charge in [0.15, 0.2) is 0 Å². The molecule has 5 heteroatoms. The fourth-order valence-electron chi connectivity index (χ4n) is 2.82. The van der Waals surface area contributed by atoms with E-state index in [1.165, 1.54) is 38.5 Å². The van der Waals surface area contributed by atoms with E-state index in [0.29, 0.717) is 13.0 Å². The van der Waals surface area contributed by atoms with Crippen molar-refractivity contribution in [1.29, 1.82) is 0 Å². The average molecular weight is 334 g/mol. The van der Waals surface area contributed by atoms with E-state index < -0.39 is 18.1 Å². The topological polar surface area (TPSA) is 63.6 Å². The first-order chi connectivity index (χ1) is 9.15. The molecule has 0 aromatic rings. The van der Waals surface area contributed by atoms with Gasteiger partial charge < -0.3 is 15.0 Å². The van der Waals surface area contributed by atoms with E-state index >= 15 is 0 Å². The van der Waals surface area contributed by atoms with Gasteiger partial charge in [-0.15, -0.1) is 0 Å². The van der Waals surface area contributed by atoms with Crippen molar-refractivity contribution in [3.8, 4) is 0 Å². The van der Waals surface area contributed by atoms with E-state index in [4.69, 9.17) is 0 Å². The number of nitrogens with zero attached hydrogens (tertiary/aromatic N) is 1. The fourth-order valence-corrected chi connectivity index (χ4v) is 2.82. The van der Waals surface area contributed by atoms with Crippen LogP contribution in [0.2, 0.25) is 0 Å². The molecule has 0 aliphatic carbocycles. The Labute approximate surface area is 133 Å². The number of hydrogen-bond acceptors (Lipinski definition) is 4. The van der Waals surface area contributed by atoms with Gasteiger partial charge in [0.25, 0.3) is 0 Å². The van der Waals surface area contributed by atoms with E-state index in [2.05, 4.69) is 6.92 Å². The van der Waals surface area contributed by atoms with Crippen LogP contribution in [0.4, 0.5) is 0 Å². The van der Waals surface area contributed by atoms with Gasteiger partial charge >= 0.3 is 17.1 Å². The molecule has 0 bridgehead atoms. The SMILES string of the molecule is CCCCCCCCCCN1C[C@H](O)C[C@H]1C(=O)[O-].[Cu+2]. The molecule has 1 aliphatic rings. The first-order valence-electron chi connectivity index (χ1n) is 7.78. The van der Waals surface area contributed by atoms with Crippen molar-refractivity contribution < 1.29 is 32.1 Å². The Morgan fingerprint density at radius 1 is 1.15 bits per heavy atom. The number of likely N-dealkylation sites (tertiary alicyclic amines) is 1. The summed E-state index contributed by atoms with van der Waals surface area (Å²) in [6, 6.07) is -0.584. The quantitative estimate of drug-likeness (QED) is 0.483. The number of aliphatic hydroxyl groups excluding tert-OH is 1. The Bertz CT molecular complexity index is 264. The minimum atomic E-state index is -1.05. The standard InChI is InChI=1S/C15H29NO3.Cu/c1-2-3-4-5-6-7-8-9-10-16-12-13(17)11-14(16)15(18)19;/h13-14,17H,2-12H2,1H3,(H,18,19);/q;+2/p-1/t13-,14+;/m1./s1. The summed E-state index contributed by atoms with van der Waals surface area (Å²) in [6.45, 7) is 3.47. The molecule has 0 unspecified atom stereocenters. The smallest absolute Gasteiger partial charge is 0.548 e. The molecule has 1 rings (SSSR count). The second kappa shape index (κ2) is 11.6. The minimum absolute atomic E-state index is 0. The summed E-state index contributed by atoms with van der Waals surface area (Å²) >= 11 is 0. The summed E-state index contributed by atoms with van der Waals surface area (Å²) in [7, 11) is 0. The van der Waals surface area contributed by atoms with Crippen molar-refractivity contribution >= 4 is 5.97 Å². The monoisotopic (exact) mass is 333 g/mol. The number of unbranched alkanes of at least 4 members (excludes halogenated alkanes) is 7. The van der Waals surface area contributed by atoms with Crippen molar-refractivity contribution in [2.75, 3.05) is 13.1 Å². The number of carboxylic acids is 1. The molecule has 1 radical (unpaired) electrons. The number of aliphatic carboxylic acids is 1. The van der Waals surface area contributed by atoms with E-state index in [1.54, 1.807) is 0 Å². The van der Waals surface area contributed by atoms with Gasteiger partial charge in [-0.25, -0.2) is 0 Å². The molecule has 1 aliphatic heterocycles. The molecule has 2 atom stereocenters. The van der Waals surface area contributed by atoms with Crippen molar-refractivity contribution in [2.45, 2.75) is 76.9 Å². The Morgan fingerprint density at radius 3 is 2.25 bits per heavy atom. The maximum atomic E-state index is 10.9. The van der Waals surface area contributed by atoms with Gasteiger partial charge in [-0.1, -0.05) is 51.9 Å². The van der Waals surface area contributed by atoms with Crippen LogP contribution >= 0.6 is 0 Å². The molecule has 0 saturated carbocycles. The van der Waals surface area contributed by atoms with E-state index in [-0.39, 0.29) is 17.1 Å². The summed E-state index contributed by atoms with van der Waals surface area (Å²) in [5, 5.41) is 20.4. The maximum Gasteiger partial charge on any atom is 2.00 e. The number of carbonyl (C=O) groups is 1. The summed E-state index contributed by atoms with van der Waals surface area (Å²) in [5.41, 5.74) is 0. The minimum Gasteiger partial charge on any atom is -0.548 e. The van der Waals surface area contributed by atoms with E-state index in [0.717, 1.165) is 19.4 Å². The van der Waals surface area contributed by atoms with Gasteiger partial charge in [-0.2, -0.15) is 0 Å². The van der Waals surface area contributed by atoms with Crippen molar-refractivity contribution in [2.24, 2.45) is 0 Å². The summed E-state index contributed by atoms with van der Waals surface area (Å²) in [5.74, 6) is -1.05. The molecular weight excluding hydrogens is 306 g/mol. The molecule has 121 valence electrons. The molecule has 1 heterocycles. The third-order valence-electron chi connectivity index (χ3n) is 3.95. The van der Waals surface area contributed by atoms with Crippen LogP contribution in [0.3, 0.4) is 0 Å². The summed E-state index contributed by atoms with van der Waals surface area (Å²) in [4.78, 5) is 12.8. The molecule has 0 amide bonds. The van der Waals surface area contributed by atoms with Crippen molar-refractivity contribution in [3.05, 3.63) is 0 Å². The average Bonchev–Trinajstić information content (AvgIpc) is 2.74. The van der Waals surface area contributed by atoms with Crippen LogP contribution in [0, 0.1) is 0 Å². The molecule has 1 saturated heterocycles. The Hall–Kier alpha value is -0.0905. The molecular formula is C15H28CuNO3+. The molecule has 0 spiro atoms. The van der Waals surface area contributed by atoms with Crippen LogP contribution in [-0.2, 0) is 21.9 Å². The molecule has 1 N–H and O–H groups in total. The van der Waals surface area contributed by atoms with Crippen LogP contribution in [0.1, 0.15) is 64.7 Å². The molecule has 0 aromatic carbocycles. The first-order valence-corrected chi connectivity index (χ1v) is 7.78. The molecule has 4 nitrogen and oxygen atoms in total. The number of aliphatic hydroxyl groups is 1. The van der Waals surface area contributed by atoms with Gasteiger partial charge in [0.2, 0.25) is 0 Å². The predicted molar refractivity (Wildman–Crippen MR) is 73.6 cm³/mol. The van der Waals surface area contributed by atoms with Crippen LogP contribution in [-0.4, -0.2) is 41.2 Å². The van der Waals surface area contributed by atoms with E-state index in [9.17, 15) is 15.0 Å². The zero-order valence-electron chi connectivity index (χ0n) is 12.4.